The molecule has 1 N–H and O–H groups in total. The summed E-state index contributed by atoms with van der Waals surface area (Å²) in [5.74, 6) is 1.17. The smallest absolute Gasteiger partial charge is 0.146 e. The maximum absolute atomic E-state index is 11.4. The molecule has 0 heterocycles. The second-order valence-corrected chi connectivity index (χ2v) is 4.55. The molecule has 13 heavy (non-hydrogen) atoms. The number of hydrogen-bond acceptors (Lipinski definition) is 2. The maximum Gasteiger partial charge on any atom is 0.146 e. The van der Waals surface area contributed by atoms with Crippen molar-refractivity contribution >= 4 is 5.78 Å². The molecule has 0 atom stereocenters. The molecule has 74 valence electrons. The lowest BCUT2D eigenvalue weighted by atomic mass is 10.2. The van der Waals surface area contributed by atoms with Gasteiger partial charge in [-0.25, -0.2) is 0 Å². The Morgan fingerprint density at radius 3 is 2.46 bits per heavy atom. The van der Waals surface area contributed by atoms with Crippen LogP contribution in [-0.2, 0) is 4.79 Å². The van der Waals surface area contributed by atoms with E-state index in [-0.39, 0.29) is 0 Å². The fraction of sp³-hybridized carbons (Fsp3) is 0.909. The number of carbonyl (C=O) groups is 1. The fourth-order valence-corrected chi connectivity index (χ4v) is 2.10. The van der Waals surface area contributed by atoms with Gasteiger partial charge < -0.3 is 5.32 Å². The Kier molecular flexibility index (Phi) is 2.99. The minimum Gasteiger partial charge on any atom is -0.307 e. The SMILES string of the molecule is O=C(CNC1CCCC1)CC1CC1. The average molecular weight is 181 g/mol. The van der Waals surface area contributed by atoms with E-state index in [1.54, 1.807) is 0 Å². The molecule has 0 radical (unpaired) electrons. The lowest BCUT2D eigenvalue weighted by molar-refractivity contribution is -0.118. The van der Waals surface area contributed by atoms with Crippen molar-refractivity contribution in [1.29, 1.82) is 0 Å². The van der Waals surface area contributed by atoms with Crippen LogP contribution in [0.3, 0.4) is 0 Å². The lowest BCUT2D eigenvalue weighted by Gasteiger charge is -2.10. The Hall–Kier alpha value is -0.370. The van der Waals surface area contributed by atoms with Crippen molar-refractivity contribution in [2.24, 2.45) is 5.92 Å². The van der Waals surface area contributed by atoms with Crippen molar-refractivity contribution in [2.45, 2.75) is 51.0 Å². The summed E-state index contributed by atoms with van der Waals surface area (Å²) < 4.78 is 0. The van der Waals surface area contributed by atoms with Crippen LogP contribution in [0, 0.1) is 5.92 Å². The summed E-state index contributed by atoms with van der Waals surface area (Å²) in [6.07, 6.45) is 8.64. The minimum atomic E-state index is 0.425. The molecule has 0 saturated heterocycles. The van der Waals surface area contributed by atoms with Gasteiger partial charge in [0, 0.05) is 12.5 Å². The maximum atomic E-state index is 11.4. The topological polar surface area (TPSA) is 29.1 Å². The molecule has 0 aromatic heterocycles. The van der Waals surface area contributed by atoms with Gasteiger partial charge in [0.15, 0.2) is 0 Å². The first-order valence-electron chi connectivity index (χ1n) is 5.59. The van der Waals surface area contributed by atoms with E-state index in [2.05, 4.69) is 5.32 Å². The third-order valence-electron chi connectivity index (χ3n) is 3.16. The Morgan fingerprint density at radius 1 is 1.15 bits per heavy atom. The molecular weight excluding hydrogens is 162 g/mol. The van der Waals surface area contributed by atoms with Gasteiger partial charge in [0.2, 0.25) is 0 Å². The second-order valence-electron chi connectivity index (χ2n) is 4.55. The zero-order valence-electron chi connectivity index (χ0n) is 8.22. The molecule has 2 nitrogen and oxygen atoms in total. The highest BCUT2D eigenvalue weighted by Gasteiger charge is 2.24. The monoisotopic (exact) mass is 181 g/mol. The summed E-state index contributed by atoms with van der Waals surface area (Å²) in [6.45, 7) is 0.626. The van der Waals surface area contributed by atoms with Crippen LogP contribution in [0.15, 0.2) is 0 Å². The first-order chi connectivity index (χ1) is 6.34. The van der Waals surface area contributed by atoms with E-state index in [9.17, 15) is 4.79 Å². The molecule has 0 aliphatic heterocycles. The molecule has 0 bridgehead atoms. The molecule has 0 amide bonds. The highest BCUT2D eigenvalue weighted by Crippen LogP contribution is 2.32. The molecule has 2 aliphatic rings. The van der Waals surface area contributed by atoms with Gasteiger partial charge >= 0.3 is 0 Å². The summed E-state index contributed by atoms with van der Waals surface area (Å²) in [6, 6.07) is 0.642. The number of ketones is 1. The molecule has 0 unspecified atom stereocenters. The second kappa shape index (κ2) is 4.23. The molecule has 2 aliphatic carbocycles. The Morgan fingerprint density at radius 2 is 1.85 bits per heavy atom. The number of Topliss-reactive ketones (excluding diaryl/α,β-unsaturated/α-hetero) is 1. The van der Waals surface area contributed by atoms with Gasteiger partial charge in [-0.1, -0.05) is 12.8 Å². The molecule has 0 spiro atoms. The van der Waals surface area contributed by atoms with Crippen LogP contribution < -0.4 is 5.32 Å². The molecule has 2 fully saturated rings. The van der Waals surface area contributed by atoms with Crippen LogP contribution in [0.2, 0.25) is 0 Å². The van der Waals surface area contributed by atoms with Crippen molar-refractivity contribution in [3.8, 4) is 0 Å². The third kappa shape index (κ3) is 3.11. The third-order valence-corrected chi connectivity index (χ3v) is 3.16. The van der Waals surface area contributed by atoms with E-state index >= 15 is 0 Å². The van der Waals surface area contributed by atoms with Gasteiger partial charge in [-0.3, -0.25) is 4.79 Å². The van der Waals surface area contributed by atoms with E-state index in [0.29, 0.717) is 18.4 Å². The van der Waals surface area contributed by atoms with E-state index in [4.69, 9.17) is 0 Å². The van der Waals surface area contributed by atoms with Gasteiger partial charge in [0.1, 0.15) is 5.78 Å². The predicted octanol–water partition coefficient (Wildman–Crippen LogP) is 1.89. The van der Waals surface area contributed by atoms with Crippen LogP contribution in [0.5, 0.6) is 0 Å². The number of nitrogens with one attached hydrogen (secondary N) is 1. The van der Waals surface area contributed by atoms with Crippen molar-refractivity contribution in [3.05, 3.63) is 0 Å². The van der Waals surface area contributed by atoms with Crippen LogP contribution in [0.25, 0.3) is 0 Å². The summed E-state index contributed by atoms with van der Waals surface area (Å²) >= 11 is 0. The first-order valence-corrected chi connectivity index (χ1v) is 5.59. The Labute approximate surface area is 80.1 Å². The summed E-state index contributed by atoms with van der Waals surface area (Å²) in [7, 11) is 0. The van der Waals surface area contributed by atoms with E-state index in [1.807, 2.05) is 0 Å². The summed E-state index contributed by atoms with van der Waals surface area (Å²) in [5, 5.41) is 3.36. The molecule has 2 heteroatoms. The molecule has 2 saturated carbocycles. The van der Waals surface area contributed by atoms with Crippen LogP contribution in [0.1, 0.15) is 44.9 Å². The average Bonchev–Trinajstić information content (AvgIpc) is 2.78. The van der Waals surface area contributed by atoms with E-state index < -0.39 is 0 Å². The number of hydrogen-bond donors (Lipinski definition) is 1. The van der Waals surface area contributed by atoms with E-state index in [0.717, 1.165) is 12.3 Å². The van der Waals surface area contributed by atoms with Crippen LogP contribution >= 0.6 is 0 Å². The lowest BCUT2D eigenvalue weighted by Crippen LogP contribution is -2.31. The number of rotatable bonds is 5. The van der Waals surface area contributed by atoms with E-state index in [1.165, 1.54) is 38.5 Å². The van der Waals surface area contributed by atoms with Gasteiger partial charge in [0.25, 0.3) is 0 Å². The van der Waals surface area contributed by atoms with Gasteiger partial charge in [-0.2, -0.15) is 0 Å². The quantitative estimate of drug-likeness (QED) is 0.701. The minimum absolute atomic E-state index is 0.425. The Balaban J connectivity index is 1.57. The largest absolute Gasteiger partial charge is 0.307 e. The van der Waals surface area contributed by atoms with Gasteiger partial charge in [-0.15, -0.1) is 0 Å². The van der Waals surface area contributed by atoms with Crippen molar-refractivity contribution in [2.75, 3.05) is 6.54 Å². The predicted molar refractivity (Wildman–Crippen MR) is 52.6 cm³/mol. The van der Waals surface area contributed by atoms with Gasteiger partial charge in [-0.05, 0) is 31.6 Å². The normalized spacial score (nSPS) is 23.7. The molecular formula is C11H19NO. The highest BCUT2D eigenvalue weighted by molar-refractivity contribution is 5.80. The zero-order chi connectivity index (χ0) is 9.10. The van der Waals surface area contributed by atoms with Gasteiger partial charge in [0.05, 0.1) is 6.54 Å². The van der Waals surface area contributed by atoms with Crippen molar-refractivity contribution < 1.29 is 4.79 Å². The van der Waals surface area contributed by atoms with Crippen LogP contribution in [0.4, 0.5) is 0 Å². The standard InChI is InChI=1S/C11H19NO/c13-11(7-9-5-6-9)8-12-10-3-1-2-4-10/h9-10,12H,1-8H2. The number of carbonyl (C=O) groups excluding carboxylic acids is 1. The van der Waals surface area contributed by atoms with Crippen molar-refractivity contribution in [3.63, 3.8) is 0 Å². The molecule has 2 rings (SSSR count). The Bertz CT molecular complexity index is 181. The first kappa shape index (κ1) is 9.20. The summed E-state index contributed by atoms with van der Waals surface area (Å²) in [5.41, 5.74) is 0. The summed E-state index contributed by atoms with van der Waals surface area (Å²) in [4.78, 5) is 11.4. The van der Waals surface area contributed by atoms with Crippen molar-refractivity contribution in [1.82, 2.24) is 5.32 Å². The van der Waals surface area contributed by atoms with Crippen LogP contribution in [-0.4, -0.2) is 18.4 Å². The molecule has 0 aromatic rings. The highest BCUT2D eigenvalue weighted by atomic mass is 16.1. The fourth-order valence-electron chi connectivity index (χ4n) is 2.10. The molecule has 0 aromatic carbocycles. The zero-order valence-corrected chi connectivity index (χ0v) is 8.22.